The number of rotatable bonds is 7. The van der Waals surface area contributed by atoms with Crippen LogP contribution in [0, 0.1) is 0 Å². The van der Waals surface area contributed by atoms with Crippen LogP contribution in [-0.4, -0.2) is 18.9 Å². The van der Waals surface area contributed by atoms with Gasteiger partial charge >= 0.3 is 6.16 Å². The zero-order valence-corrected chi connectivity index (χ0v) is 12.8. The van der Waals surface area contributed by atoms with Gasteiger partial charge in [-0.3, -0.25) is 0 Å². The van der Waals surface area contributed by atoms with Gasteiger partial charge in [0.05, 0.1) is 6.26 Å². The van der Waals surface area contributed by atoms with Crippen LogP contribution in [0.2, 0.25) is 0 Å². The number of carbonyl (C=O) groups is 1. The first-order valence-corrected chi connectivity index (χ1v) is 7.11. The molecule has 0 N–H and O–H groups in total. The fraction of sp³-hybridized carbons (Fsp3) is 0.167. The van der Waals surface area contributed by atoms with Gasteiger partial charge < -0.3 is 18.9 Å². The molecule has 0 amide bonds. The zero-order chi connectivity index (χ0) is 16.5. The minimum atomic E-state index is -0.803. The molecular weight excluding hydrogens is 296 g/mol. The predicted octanol–water partition coefficient (Wildman–Crippen LogP) is 4.54. The standard InChI is InChI=1S/C18H18O5/c1-3-20-18(19)22-14(2)13-21-15-9-11-17(12-10-15)23-16-7-5-4-6-8-16/h3-12,14H,1,13H2,2H3/t14-/m1/s1. The van der Waals surface area contributed by atoms with Crippen LogP contribution in [0.1, 0.15) is 6.92 Å². The summed E-state index contributed by atoms with van der Waals surface area (Å²) in [7, 11) is 0. The SMILES string of the molecule is C=COC(=O)O[C@H](C)COc1ccc(Oc2ccccc2)cc1. The summed E-state index contributed by atoms with van der Waals surface area (Å²) in [6.45, 7) is 5.19. The predicted molar refractivity (Wildman–Crippen MR) is 85.7 cm³/mol. The number of benzene rings is 2. The summed E-state index contributed by atoms with van der Waals surface area (Å²) in [6.07, 6.45) is -0.230. The molecule has 1 atom stereocenters. The van der Waals surface area contributed by atoms with Gasteiger partial charge in [0.1, 0.15) is 30.0 Å². The molecular formula is C18H18O5. The molecule has 2 rings (SSSR count). The van der Waals surface area contributed by atoms with E-state index in [4.69, 9.17) is 14.2 Å². The first-order valence-electron chi connectivity index (χ1n) is 7.11. The van der Waals surface area contributed by atoms with Crippen molar-refractivity contribution in [2.24, 2.45) is 0 Å². The van der Waals surface area contributed by atoms with Crippen molar-refractivity contribution >= 4 is 6.16 Å². The van der Waals surface area contributed by atoms with Crippen molar-refractivity contribution in [1.82, 2.24) is 0 Å². The second-order valence-corrected chi connectivity index (χ2v) is 4.66. The third-order valence-corrected chi connectivity index (χ3v) is 2.76. The first kappa shape index (κ1) is 16.4. The Kier molecular flexibility index (Phi) is 6.06. The molecule has 0 heterocycles. The lowest BCUT2D eigenvalue weighted by molar-refractivity contribution is 0.0339. The van der Waals surface area contributed by atoms with Crippen LogP contribution in [0.3, 0.4) is 0 Å². The number of hydrogen-bond acceptors (Lipinski definition) is 5. The largest absolute Gasteiger partial charge is 0.513 e. The lowest BCUT2D eigenvalue weighted by Crippen LogP contribution is -2.21. The Labute approximate surface area is 135 Å². The molecule has 0 aromatic heterocycles. The molecule has 120 valence electrons. The molecule has 0 fully saturated rings. The Bertz CT molecular complexity index is 622. The summed E-state index contributed by atoms with van der Waals surface area (Å²) in [6, 6.07) is 16.7. The summed E-state index contributed by atoms with van der Waals surface area (Å²) in [4.78, 5) is 11.1. The monoisotopic (exact) mass is 314 g/mol. The van der Waals surface area contributed by atoms with Gasteiger partial charge in [-0.2, -0.15) is 0 Å². The molecule has 0 radical (unpaired) electrons. The van der Waals surface area contributed by atoms with Crippen molar-refractivity contribution in [3.63, 3.8) is 0 Å². The van der Waals surface area contributed by atoms with Crippen LogP contribution in [0.5, 0.6) is 17.2 Å². The molecule has 0 unspecified atom stereocenters. The number of carbonyl (C=O) groups excluding carboxylic acids is 1. The second kappa shape index (κ2) is 8.48. The highest BCUT2D eigenvalue weighted by atomic mass is 16.7. The maximum Gasteiger partial charge on any atom is 0.513 e. The number of para-hydroxylation sites is 1. The molecule has 0 saturated heterocycles. The minimum absolute atomic E-state index is 0.213. The normalized spacial score (nSPS) is 11.2. The molecule has 0 bridgehead atoms. The van der Waals surface area contributed by atoms with E-state index >= 15 is 0 Å². The quantitative estimate of drug-likeness (QED) is 0.554. The van der Waals surface area contributed by atoms with E-state index in [1.165, 1.54) is 0 Å². The average molecular weight is 314 g/mol. The van der Waals surface area contributed by atoms with Crippen LogP contribution >= 0.6 is 0 Å². The van der Waals surface area contributed by atoms with E-state index in [1.807, 2.05) is 30.3 Å². The molecule has 2 aromatic carbocycles. The Morgan fingerprint density at radius 2 is 1.65 bits per heavy atom. The first-order chi connectivity index (χ1) is 11.2. The highest BCUT2D eigenvalue weighted by Gasteiger charge is 2.10. The summed E-state index contributed by atoms with van der Waals surface area (Å²) in [5, 5.41) is 0. The van der Waals surface area contributed by atoms with Crippen molar-refractivity contribution in [3.8, 4) is 17.2 Å². The fourth-order valence-corrected chi connectivity index (χ4v) is 1.74. The van der Waals surface area contributed by atoms with Crippen LogP contribution in [-0.2, 0) is 9.47 Å². The molecule has 2 aromatic rings. The van der Waals surface area contributed by atoms with E-state index in [0.29, 0.717) is 11.5 Å². The highest BCUT2D eigenvalue weighted by molar-refractivity contribution is 5.60. The Morgan fingerprint density at radius 3 is 2.30 bits per heavy atom. The third kappa shape index (κ3) is 5.74. The van der Waals surface area contributed by atoms with Gasteiger partial charge in [-0.25, -0.2) is 4.79 Å². The topological polar surface area (TPSA) is 54.0 Å². The van der Waals surface area contributed by atoms with Crippen molar-refractivity contribution in [3.05, 3.63) is 67.4 Å². The molecule has 0 aliphatic carbocycles. The molecule has 5 heteroatoms. The van der Waals surface area contributed by atoms with Gasteiger partial charge in [0, 0.05) is 0 Å². The smallest absolute Gasteiger partial charge is 0.490 e. The van der Waals surface area contributed by atoms with Gasteiger partial charge in [-0.1, -0.05) is 24.8 Å². The molecule has 0 aliphatic heterocycles. The average Bonchev–Trinajstić information content (AvgIpc) is 2.55. The van der Waals surface area contributed by atoms with E-state index in [9.17, 15) is 4.79 Å². The van der Waals surface area contributed by atoms with E-state index < -0.39 is 12.3 Å². The Hall–Kier alpha value is -2.95. The van der Waals surface area contributed by atoms with Gasteiger partial charge in [0.25, 0.3) is 0 Å². The van der Waals surface area contributed by atoms with Crippen molar-refractivity contribution in [1.29, 1.82) is 0 Å². The Morgan fingerprint density at radius 1 is 1.04 bits per heavy atom. The van der Waals surface area contributed by atoms with E-state index in [0.717, 1.165) is 12.0 Å². The van der Waals surface area contributed by atoms with Crippen LogP contribution in [0.15, 0.2) is 67.4 Å². The van der Waals surface area contributed by atoms with Gasteiger partial charge in [-0.15, -0.1) is 0 Å². The lowest BCUT2D eigenvalue weighted by atomic mass is 10.3. The summed E-state index contributed by atoms with van der Waals surface area (Å²) in [5.41, 5.74) is 0. The van der Waals surface area contributed by atoms with Crippen molar-refractivity contribution in [2.45, 2.75) is 13.0 Å². The molecule has 5 nitrogen and oxygen atoms in total. The minimum Gasteiger partial charge on any atom is -0.490 e. The molecule has 0 spiro atoms. The summed E-state index contributed by atoms with van der Waals surface area (Å²) < 4.78 is 20.6. The van der Waals surface area contributed by atoms with Crippen LogP contribution < -0.4 is 9.47 Å². The summed E-state index contributed by atoms with van der Waals surface area (Å²) >= 11 is 0. The summed E-state index contributed by atoms with van der Waals surface area (Å²) in [5.74, 6) is 2.13. The zero-order valence-electron chi connectivity index (χ0n) is 12.8. The fourth-order valence-electron chi connectivity index (χ4n) is 1.74. The number of hydrogen-bond donors (Lipinski definition) is 0. The molecule has 0 saturated carbocycles. The van der Waals surface area contributed by atoms with E-state index in [1.54, 1.807) is 31.2 Å². The van der Waals surface area contributed by atoms with Crippen molar-refractivity contribution in [2.75, 3.05) is 6.61 Å². The Balaban J connectivity index is 1.81. The molecule has 23 heavy (non-hydrogen) atoms. The van der Waals surface area contributed by atoms with E-state index in [2.05, 4.69) is 11.3 Å². The highest BCUT2D eigenvalue weighted by Crippen LogP contribution is 2.23. The lowest BCUT2D eigenvalue weighted by Gasteiger charge is -2.13. The third-order valence-electron chi connectivity index (χ3n) is 2.76. The number of ether oxygens (including phenoxy) is 4. The van der Waals surface area contributed by atoms with Gasteiger partial charge in [0.15, 0.2) is 0 Å². The maximum absolute atomic E-state index is 11.1. The molecule has 0 aliphatic rings. The van der Waals surface area contributed by atoms with Crippen LogP contribution in [0.25, 0.3) is 0 Å². The van der Waals surface area contributed by atoms with Gasteiger partial charge in [-0.05, 0) is 43.3 Å². The van der Waals surface area contributed by atoms with Gasteiger partial charge in [0.2, 0.25) is 0 Å². The van der Waals surface area contributed by atoms with Crippen LogP contribution in [0.4, 0.5) is 4.79 Å². The van der Waals surface area contributed by atoms with Crippen molar-refractivity contribution < 1.29 is 23.7 Å². The maximum atomic E-state index is 11.1. The second-order valence-electron chi connectivity index (χ2n) is 4.66. The van der Waals surface area contributed by atoms with E-state index in [-0.39, 0.29) is 6.61 Å².